The Kier molecular flexibility index (Phi) is 8.86. The van der Waals surface area contributed by atoms with E-state index in [1.54, 1.807) is 24.3 Å². The van der Waals surface area contributed by atoms with Crippen LogP contribution in [0.3, 0.4) is 0 Å². The minimum absolute atomic E-state index is 0.0505. The summed E-state index contributed by atoms with van der Waals surface area (Å²) < 4.78 is 32.1. The molecule has 2 aromatic carbocycles. The standard InChI is InChI=1S/C19H21N3O3S.CF3I/c1-3-17-18(13-6-9-16(25-2)15(23)10-13)21-22(19(24)26-17)11-12-4-7-14(20)8-5-12;2-1(3,4)5/h4-10,17,23H,3,11,20H2,1-2H3;. The monoisotopic (exact) mass is 567 g/mol. The number of thioether (sulfide) groups is 1. The molecule has 0 aromatic heterocycles. The first-order chi connectivity index (χ1) is 14.5. The molecule has 11 heteroatoms. The Bertz CT molecular complexity index is 934. The maximum Gasteiger partial charge on any atom is 0.441 e. The van der Waals surface area contributed by atoms with Crippen molar-refractivity contribution in [3.05, 3.63) is 53.6 Å². The smallest absolute Gasteiger partial charge is 0.441 e. The first kappa shape index (κ1) is 25.1. The predicted octanol–water partition coefficient (Wildman–Crippen LogP) is 5.78. The molecule has 3 N–H and O–H groups in total. The fraction of sp³-hybridized carbons (Fsp3) is 0.300. The molecular weight excluding hydrogens is 546 g/mol. The maximum atomic E-state index is 12.5. The summed E-state index contributed by atoms with van der Waals surface area (Å²) in [6, 6.07) is 12.5. The number of anilines is 1. The van der Waals surface area contributed by atoms with Gasteiger partial charge in [0.15, 0.2) is 11.5 Å². The number of rotatable bonds is 5. The molecule has 1 amide bonds. The molecule has 31 heavy (non-hydrogen) atoms. The second kappa shape index (κ2) is 10.9. The molecule has 1 unspecified atom stereocenters. The maximum absolute atomic E-state index is 12.5. The number of hydrogen-bond donors (Lipinski definition) is 2. The van der Waals surface area contributed by atoms with E-state index in [-0.39, 0.29) is 16.2 Å². The van der Waals surface area contributed by atoms with Crippen molar-refractivity contribution in [2.24, 2.45) is 5.10 Å². The van der Waals surface area contributed by atoms with Gasteiger partial charge in [0.1, 0.15) is 0 Å². The summed E-state index contributed by atoms with van der Waals surface area (Å²) in [6.45, 7) is 2.38. The molecule has 0 saturated heterocycles. The molecule has 0 fully saturated rings. The summed E-state index contributed by atoms with van der Waals surface area (Å²) in [7, 11) is 1.50. The van der Waals surface area contributed by atoms with Gasteiger partial charge in [0.05, 0.1) is 24.6 Å². The third kappa shape index (κ3) is 7.80. The van der Waals surface area contributed by atoms with Crippen LogP contribution in [0.2, 0.25) is 0 Å². The second-order valence-corrected chi connectivity index (χ2v) is 8.76. The Balaban J connectivity index is 0.000000614. The highest BCUT2D eigenvalue weighted by molar-refractivity contribution is 14.1. The van der Waals surface area contributed by atoms with E-state index in [1.807, 2.05) is 25.1 Å². The summed E-state index contributed by atoms with van der Waals surface area (Å²) >= 11 is 1.63. The van der Waals surface area contributed by atoms with Crippen molar-refractivity contribution in [2.75, 3.05) is 12.8 Å². The van der Waals surface area contributed by atoms with E-state index in [4.69, 9.17) is 10.5 Å². The Morgan fingerprint density at radius 1 is 1.26 bits per heavy atom. The summed E-state index contributed by atoms with van der Waals surface area (Å²) in [6.07, 6.45) is 0.762. The van der Waals surface area contributed by atoms with Crippen molar-refractivity contribution in [3.8, 4) is 11.5 Å². The van der Waals surface area contributed by atoms with E-state index in [0.717, 1.165) is 23.3 Å². The number of methoxy groups -OCH3 is 1. The molecule has 0 spiro atoms. The van der Waals surface area contributed by atoms with Crippen molar-refractivity contribution in [1.29, 1.82) is 0 Å². The lowest BCUT2D eigenvalue weighted by molar-refractivity contribution is -0.0125. The number of phenolic OH excluding ortho intramolecular Hbond substituents is 1. The normalized spacial score (nSPS) is 16.3. The minimum atomic E-state index is -4.03. The van der Waals surface area contributed by atoms with Crippen molar-refractivity contribution >= 4 is 51.0 Å². The third-order valence-electron chi connectivity index (χ3n) is 4.14. The average Bonchev–Trinajstić information content (AvgIpc) is 2.69. The minimum Gasteiger partial charge on any atom is -0.504 e. The quantitative estimate of drug-likeness (QED) is 0.272. The lowest BCUT2D eigenvalue weighted by atomic mass is 10.0. The number of halogens is 4. The van der Waals surface area contributed by atoms with Gasteiger partial charge in [-0.2, -0.15) is 18.3 Å². The summed E-state index contributed by atoms with van der Waals surface area (Å²) in [5.74, 6) is 0.454. The number of hydrogen-bond acceptors (Lipinski definition) is 6. The Hall–Kier alpha value is -2.15. The van der Waals surface area contributed by atoms with Crippen molar-refractivity contribution < 1.29 is 27.8 Å². The van der Waals surface area contributed by atoms with Crippen LogP contribution in [0.15, 0.2) is 47.6 Å². The van der Waals surface area contributed by atoms with Gasteiger partial charge in [-0.25, -0.2) is 5.01 Å². The van der Waals surface area contributed by atoms with Crippen LogP contribution in [0.25, 0.3) is 0 Å². The van der Waals surface area contributed by atoms with Crippen LogP contribution in [0, 0.1) is 0 Å². The molecule has 1 aliphatic heterocycles. The van der Waals surface area contributed by atoms with E-state index in [1.165, 1.54) is 23.9 Å². The number of aromatic hydroxyl groups is 1. The molecule has 1 aliphatic rings. The number of amides is 1. The van der Waals surface area contributed by atoms with E-state index in [9.17, 15) is 23.1 Å². The van der Waals surface area contributed by atoms with Crippen LogP contribution in [0.1, 0.15) is 24.5 Å². The lowest BCUT2D eigenvalue weighted by Crippen LogP contribution is -2.34. The van der Waals surface area contributed by atoms with Gasteiger partial charge in [-0.3, -0.25) is 4.79 Å². The topological polar surface area (TPSA) is 88.2 Å². The third-order valence-corrected chi connectivity index (χ3v) is 5.40. The number of benzene rings is 2. The van der Waals surface area contributed by atoms with Gasteiger partial charge in [-0.15, -0.1) is 0 Å². The van der Waals surface area contributed by atoms with Gasteiger partial charge in [0.2, 0.25) is 0 Å². The molecule has 0 saturated carbocycles. The number of alkyl halides is 4. The SMILES string of the molecule is CCC1SC(=O)N(Cc2ccc(N)cc2)N=C1c1ccc(OC)c(O)c1.FC(F)(F)I. The summed E-state index contributed by atoms with van der Waals surface area (Å²) in [5, 5.41) is 16.0. The molecule has 3 rings (SSSR count). The highest BCUT2D eigenvalue weighted by atomic mass is 127. The van der Waals surface area contributed by atoms with Gasteiger partial charge in [0.25, 0.3) is 0 Å². The molecule has 2 aromatic rings. The van der Waals surface area contributed by atoms with E-state index < -0.39 is 4.18 Å². The number of phenols is 1. The Morgan fingerprint density at radius 3 is 2.39 bits per heavy atom. The molecule has 168 valence electrons. The van der Waals surface area contributed by atoms with Crippen LogP contribution in [0.4, 0.5) is 23.7 Å². The van der Waals surface area contributed by atoms with Crippen LogP contribution in [0.5, 0.6) is 11.5 Å². The molecule has 1 heterocycles. The first-order valence-corrected chi connectivity index (χ1v) is 11.0. The first-order valence-electron chi connectivity index (χ1n) is 9.05. The van der Waals surface area contributed by atoms with E-state index in [0.29, 0.717) is 40.6 Å². The molecular formula is C20H21F3IN3O3S. The number of carbonyl (C=O) groups excluding carboxylic acids is 1. The van der Waals surface area contributed by atoms with Crippen molar-refractivity contribution in [3.63, 3.8) is 0 Å². The number of nitrogens with two attached hydrogens (primary N) is 1. The molecule has 1 atom stereocenters. The highest BCUT2D eigenvalue weighted by Gasteiger charge is 2.30. The molecule has 0 aliphatic carbocycles. The van der Waals surface area contributed by atoms with Gasteiger partial charge < -0.3 is 15.6 Å². The second-order valence-electron chi connectivity index (χ2n) is 6.38. The zero-order chi connectivity index (χ0) is 23.2. The summed E-state index contributed by atoms with van der Waals surface area (Å²) in [4.78, 5) is 12.5. The van der Waals surface area contributed by atoms with Crippen LogP contribution >= 0.6 is 34.4 Å². The van der Waals surface area contributed by atoms with Gasteiger partial charge in [-0.1, -0.05) is 30.8 Å². The number of ether oxygens (including phenoxy) is 1. The van der Waals surface area contributed by atoms with E-state index >= 15 is 0 Å². The molecule has 0 radical (unpaired) electrons. The Morgan fingerprint density at radius 2 is 1.87 bits per heavy atom. The van der Waals surface area contributed by atoms with Gasteiger partial charge >= 0.3 is 9.42 Å². The predicted molar refractivity (Wildman–Crippen MR) is 125 cm³/mol. The van der Waals surface area contributed by atoms with Gasteiger partial charge in [-0.05, 0) is 42.3 Å². The fourth-order valence-corrected chi connectivity index (χ4v) is 3.67. The van der Waals surface area contributed by atoms with Crippen LogP contribution in [-0.2, 0) is 6.54 Å². The number of hydrazone groups is 1. The molecule has 0 bridgehead atoms. The summed E-state index contributed by atoms with van der Waals surface area (Å²) in [5.41, 5.74) is 8.88. The average molecular weight is 567 g/mol. The largest absolute Gasteiger partial charge is 0.504 e. The fourth-order valence-electron chi connectivity index (χ4n) is 2.74. The van der Waals surface area contributed by atoms with E-state index in [2.05, 4.69) is 5.10 Å². The zero-order valence-corrected chi connectivity index (χ0v) is 19.7. The number of carbonyl (C=O) groups is 1. The molecule has 6 nitrogen and oxygen atoms in total. The van der Waals surface area contributed by atoms with Crippen LogP contribution < -0.4 is 10.5 Å². The lowest BCUT2D eigenvalue weighted by Gasteiger charge is -2.28. The Labute approximate surface area is 195 Å². The number of nitrogens with zero attached hydrogens (tertiary/aromatic N) is 2. The highest BCUT2D eigenvalue weighted by Crippen LogP contribution is 2.33. The zero-order valence-electron chi connectivity index (χ0n) is 16.7. The van der Waals surface area contributed by atoms with Crippen molar-refractivity contribution in [1.82, 2.24) is 5.01 Å². The van der Waals surface area contributed by atoms with Crippen LogP contribution in [-0.4, -0.2) is 37.6 Å². The van der Waals surface area contributed by atoms with Crippen molar-refractivity contribution in [2.45, 2.75) is 29.3 Å². The number of nitrogen functional groups attached to an aromatic ring is 1. The van der Waals surface area contributed by atoms with Gasteiger partial charge in [0, 0.05) is 33.8 Å².